The predicted octanol–water partition coefficient (Wildman–Crippen LogP) is 4.61. The largest absolute Gasteiger partial charge is 0.377 e. The first-order valence-electron chi connectivity index (χ1n) is 10.4. The highest BCUT2D eigenvalue weighted by Crippen LogP contribution is 2.28. The van der Waals surface area contributed by atoms with Gasteiger partial charge in [-0.25, -0.2) is 9.18 Å². The molecule has 0 aliphatic carbocycles. The molecule has 0 atom stereocenters. The molecule has 168 valence electrons. The highest BCUT2D eigenvalue weighted by Gasteiger charge is 2.28. The smallest absolute Gasteiger partial charge is 0.319 e. The van der Waals surface area contributed by atoms with Gasteiger partial charge in [0.15, 0.2) is 0 Å². The Balaban J connectivity index is 2.40. The molecule has 0 bridgehead atoms. The summed E-state index contributed by atoms with van der Waals surface area (Å²) >= 11 is 0. The van der Waals surface area contributed by atoms with Gasteiger partial charge < -0.3 is 20.4 Å². The lowest BCUT2D eigenvalue weighted by atomic mass is 9.94. The Morgan fingerprint density at radius 1 is 1.03 bits per heavy atom. The zero-order valence-electron chi connectivity index (χ0n) is 19.3. The van der Waals surface area contributed by atoms with Gasteiger partial charge in [-0.1, -0.05) is 32.9 Å². The Morgan fingerprint density at radius 2 is 1.74 bits per heavy atom. The van der Waals surface area contributed by atoms with Gasteiger partial charge in [0.25, 0.3) is 0 Å². The van der Waals surface area contributed by atoms with Crippen LogP contribution in [-0.2, 0) is 17.9 Å². The van der Waals surface area contributed by atoms with E-state index in [0.717, 1.165) is 16.8 Å². The molecule has 2 N–H and O–H groups in total. The van der Waals surface area contributed by atoms with Gasteiger partial charge >= 0.3 is 6.03 Å². The van der Waals surface area contributed by atoms with E-state index in [0.29, 0.717) is 18.8 Å². The molecule has 2 aromatic rings. The fraction of sp³-hybridized carbons (Fsp3) is 0.417. The van der Waals surface area contributed by atoms with Crippen LogP contribution in [0.5, 0.6) is 0 Å². The number of carbonyl (C=O) groups excluding carboxylic acids is 2. The molecule has 31 heavy (non-hydrogen) atoms. The van der Waals surface area contributed by atoms with E-state index in [1.807, 2.05) is 71.0 Å². The van der Waals surface area contributed by atoms with E-state index in [4.69, 9.17) is 0 Å². The van der Waals surface area contributed by atoms with Gasteiger partial charge in [-0.3, -0.25) is 4.79 Å². The van der Waals surface area contributed by atoms with Gasteiger partial charge in [-0.15, -0.1) is 0 Å². The number of anilines is 2. The van der Waals surface area contributed by atoms with E-state index in [9.17, 15) is 14.0 Å². The highest BCUT2D eigenvalue weighted by atomic mass is 19.1. The van der Waals surface area contributed by atoms with E-state index in [1.54, 1.807) is 11.0 Å². The number of nitrogens with one attached hydrogen (secondary N) is 2. The van der Waals surface area contributed by atoms with Crippen molar-refractivity contribution in [1.82, 2.24) is 10.2 Å². The second-order valence-electron chi connectivity index (χ2n) is 8.76. The van der Waals surface area contributed by atoms with Crippen molar-refractivity contribution in [1.29, 1.82) is 0 Å². The number of nitrogens with zero attached hydrogens (tertiary/aromatic N) is 2. The summed E-state index contributed by atoms with van der Waals surface area (Å²) < 4.78 is 13.7. The van der Waals surface area contributed by atoms with E-state index in [-0.39, 0.29) is 24.3 Å². The molecule has 0 saturated carbocycles. The molecule has 2 rings (SSSR count). The van der Waals surface area contributed by atoms with Crippen LogP contribution in [0.4, 0.5) is 20.6 Å². The van der Waals surface area contributed by atoms with Crippen LogP contribution in [-0.4, -0.2) is 37.5 Å². The molecule has 0 radical (unpaired) electrons. The molecule has 7 heteroatoms. The summed E-state index contributed by atoms with van der Waals surface area (Å²) in [5.74, 6) is -0.369. The predicted molar refractivity (Wildman–Crippen MR) is 124 cm³/mol. The maximum atomic E-state index is 13.7. The van der Waals surface area contributed by atoms with Crippen molar-refractivity contribution < 1.29 is 14.0 Å². The summed E-state index contributed by atoms with van der Waals surface area (Å²) in [5, 5.41) is 5.52. The minimum Gasteiger partial charge on any atom is -0.377 e. The maximum Gasteiger partial charge on any atom is 0.319 e. The zero-order valence-corrected chi connectivity index (χ0v) is 19.3. The first-order chi connectivity index (χ1) is 14.5. The van der Waals surface area contributed by atoms with Crippen LogP contribution in [0.15, 0.2) is 42.5 Å². The van der Waals surface area contributed by atoms with Crippen molar-refractivity contribution in [2.75, 3.05) is 30.9 Å². The Labute approximate surface area is 184 Å². The van der Waals surface area contributed by atoms with Gasteiger partial charge in [0.2, 0.25) is 5.91 Å². The third kappa shape index (κ3) is 6.98. The van der Waals surface area contributed by atoms with Crippen LogP contribution >= 0.6 is 0 Å². The van der Waals surface area contributed by atoms with Gasteiger partial charge in [-0.05, 0) is 48.4 Å². The lowest BCUT2D eigenvalue weighted by molar-refractivity contribution is -0.140. The Morgan fingerprint density at radius 3 is 2.32 bits per heavy atom. The monoisotopic (exact) mass is 428 g/mol. The van der Waals surface area contributed by atoms with Gasteiger partial charge in [-0.2, -0.15) is 0 Å². The molecule has 0 fully saturated rings. The molecule has 3 amide bonds. The third-order valence-corrected chi connectivity index (χ3v) is 4.71. The van der Waals surface area contributed by atoms with E-state index in [1.165, 1.54) is 12.1 Å². The second kappa shape index (κ2) is 10.3. The van der Waals surface area contributed by atoms with Crippen molar-refractivity contribution >= 4 is 23.3 Å². The van der Waals surface area contributed by atoms with Crippen molar-refractivity contribution in [2.24, 2.45) is 5.41 Å². The molecule has 0 unspecified atom stereocenters. The Kier molecular flexibility index (Phi) is 8.02. The lowest BCUT2D eigenvalue weighted by Gasteiger charge is -2.31. The van der Waals surface area contributed by atoms with Crippen molar-refractivity contribution in [3.8, 4) is 0 Å². The molecule has 0 spiro atoms. The summed E-state index contributed by atoms with van der Waals surface area (Å²) in [6.45, 7) is 8.59. The molecule has 0 aromatic heterocycles. The summed E-state index contributed by atoms with van der Waals surface area (Å²) in [6, 6.07) is 11.6. The lowest BCUT2D eigenvalue weighted by Crippen LogP contribution is -2.39. The van der Waals surface area contributed by atoms with Gasteiger partial charge in [0, 0.05) is 50.5 Å². The zero-order chi connectivity index (χ0) is 23.2. The van der Waals surface area contributed by atoms with Crippen molar-refractivity contribution in [3.63, 3.8) is 0 Å². The quantitative estimate of drug-likeness (QED) is 0.677. The molecule has 0 aliphatic rings. The first-order valence-corrected chi connectivity index (χ1v) is 10.4. The Hall–Kier alpha value is -3.09. The van der Waals surface area contributed by atoms with Crippen LogP contribution in [0.3, 0.4) is 0 Å². The number of halogens is 1. The summed E-state index contributed by atoms with van der Waals surface area (Å²) in [7, 11) is 3.86. The number of hydrogen-bond acceptors (Lipinski definition) is 3. The van der Waals surface area contributed by atoms with Gasteiger partial charge in [0.1, 0.15) is 5.82 Å². The maximum absolute atomic E-state index is 13.7. The highest BCUT2D eigenvalue weighted by molar-refractivity contribution is 5.89. The van der Waals surface area contributed by atoms with Crippen LogP contribution in [0.25, 0.3) is 0 Å². The first kappa shape index (κ1) is 24.2. The third-order valence-electron chi connectivity index (χ3n) is 4.71. The number of rotatable bonds is 7. The fourth-order valence-corrected chi connectivity index (χ4v) is 3.30. The van der Waals surface area contributed by atoms with Crippen LogP contribution in [0, 0.1) is 11.2 Å². The average Bonchev–Trinajstić information content (AvgIpc) is 2.66. The molecular formula is C24H33FN4O2. The normalized spacial score (nSPS) is 11.1. The number of hydrogen-bond donors (Lipinski definition) is 2. The van der Waals surface area contributed by atoms with Gasteiger partial charge in [0.05, 0.1) is 0 Å². The van der Waals surface area contributed by atoms with E-state index >= 15 is 0 Å². The van der Waals surface area contributed by atoms with Crippen LogP contribution < -0.4 is 15.5 Å². The standard InChI is InChI=1S/C24H33FN4O2/c1-7-26-23(31)27-20-11-12-21(28(5)6)18(14-20)16-29(22(30)24(2,3)4)15-17-9-8-10-19(25)13-17/h8-14H,7,15-16H2,1-6H3,(H2,26,27,31). The topological polar surface area (TPSA) is 64.7 Å². The minimum atomic E-state index is -0.595. The summed E-state index contributed by atoms with van der Waals surface area (Å²) in [5.41, 5.74) is 2.59. The van der Waals surface area contributed by atoms with Crippen LogP contribution in [0.1, 0.15) is 38.8 Å². The Bertz CT molecular complexity index is 922. The van der Waals surface area contributed by atoms with E-state index in [2.05, 4.69) is 10.6 Å². The van der Waals surface area contributed by atoms with E-state index < -0.39 is 5.41 Å². The molecule has 6 nitrogen and oxygen atoms in total. The number of benzene rings is 2. The number of urea groups is 1. The minimum absolute atomic E-state index is 0.0384. The molecule has 0 saturated heterocycles. The molecule has 2 aromatic carbocycles. The summed E-state index contributed by atoms with van der Waals surface area (Å²) in [4.78, 5) is 28.9. The van der Waals surface area contributed by atoms with Crippen molar-refractivity contribution in [3.05, 3.63) is 59.4 Å². The summed E-state index contributed by atoms with van der Waals surface area (Å²) in [6.07, 6.45) is 0. The number of amides is 3. The molecule has 0 heterocycles. The molecular weight excluding hydrogens is 395 g/mol. The average molecular weight is 429 g/mol. The van der Waals surface area contributed by atoms with Crippen LogP contribution in [0.2, 0.25) is 0 Å². The second-order valence-corrected chi connectivity index (χ2v) is 8.76. The fourth-order valence-electron chi connectivity index (χ4n) is 3.30. The van der Waals surface area contributed by atoms with Crippen molar-refractivity contribution in [2.45, 2.75) is 40.8 Å². The SMILES string of the molecule is CCNC(=O)Nc1ccc(N(C)C)c(CN(Cc2cccc(F)c2)C(=O)C(C)(C)C)c1. The molecule has 0 aliphatic heterocycles. The number of carbonyl (C=O) groups is 2.